The molecule has 3 rings (SSSR count). The minimum Gasteiger partial charge on any atom is -0.368 e. The van der Waals surface area contributed by atoms with E-state index in [1.807, 2.05) is 25.1 Å². The van der Waals surface area contributed by atoms with Crippen molar-refractivity contribution in [2.24, 2.45) is 0 Å². The summed E-state index contributed by atoms with van der Waals surface area (Å²) in [5.41, 5.74) is -0.00816. The number of anilines is 1. The Morgan fingerprint density at radius 2 is 1.82 bits per heavy atom. The summed E-state index contributed by atoms with van der Waals surface area (Å²) < 4.78 is 23.2. The smallest absolute Gasteiger partial charge is 0.296 e. The number of hydrogen-bond donors (Lipinski definition) is 2. The Hall–Kier alpha value is -2.34. The highest BCUT2D eigenvalue weighted by Gasteiger charge is 2.38. The second kappa shape index (κ2) is 17.5. The monoisotopic (exact) mass is 594 g/mol. The molecule has 0 aromatic heterocycles. The molecule has 11 heteroatoms. The van der Waals surface area contributed by atoms with Crippen LogP contribution in [0.5, 0.6) is 0 Å². The van der Waals surface area contributed by atoms with Crippen LogP contribution >= 0.6 is 24.6 Å². The third-order valence-electron chi connectivity index (χ3n) is 6.93. The molecule has 8 nitrogen and oxygen atoms in total. The van der Waals surface area contributed by atoms with E-state index in [1.165, 1.54) is 24.8 Å². The molecule has 1 fully saturated rings. The molecule has 1 aliphatic rings. The van der Waals surface area contributed by atoms with Gasteiger partial charge in [-0.2, -0.15) is 17.8 Å². The number of nitro benzene ring substituents is 1. The summed E-state index contributed by atoms with van der Waals surface area (Å²) in [6, 6.07) is 14.6. The van der Waals surface area contributed by atoms with Crippen molar-refractivity contribution in [3.05, 3.63) is 64.2 Å². The van der Waals surface area contributed by atoms with Crippen molar-refractivity contribution < 1.29 is 18.9 Å². The number of nitrogens with zero attached hydrogens (tertiary/aromatic N) is 3. The summed E-state index contributed by atoms with van der Waals surface area (Å²) in [6.07, 6.45) is 7.53. The van der Waals surface area contributed by atoms with Crippen LogP contribution in [0.2, 0.25) is 0 Å². The van der Waals surface area contributed by atoms with Crippen molar-refractivity contribution in [1.82, 2.24) is 9.62 Å². The number of carbonyl (C=O) groups excluding carboxylic acids is 1. The summed E-state index contributed by atoms with van der Waals surface area (Å²) >= 11 is 5.24. The van der Waals surface area contributed by atoms with Crippen LogP contribution in [-0.4, -0.2) is 54.5 Å². The Morgan fingerprint density at radius 1 is 1.18 bits per heavy atom. The molecule has 0 spiro atoms. The van der Waals surface area contributed by atoms with Crippen LogP contribution in [-0.2, 0) is 16.0 Å². The number of aryl methyl sites for hydroxylation is 1. The lowest BCUT2D eigenvalue weighted by Crippen LogP contribution is -2.45. The van der Waals surface area contributed by atoms with E-state index < -0.39 is 15.9 Å². The van der Waals surface area contributed by atoms with Crippen molar-refractivity contribution in [3.63, 3.8) is 0 Å². The van der Waals surface area contributed by atoms with Crippen LogP contribution < -0.4 is 9.84 Å². The number of ether oxygens (including phenoxy) is 1. The maximum Gasteiger partial charge on any atom is 0.296 e. The van der Waals surface area contributed by atoms with Gasteiger partial charge in [0, 0.05) is 18.1 Å². The van der Waals surface area contributed by atoms with Gasteiger partial charge in [0.25, 0.3) is 11.6 Å². The lowest BCUT2D eigenvalue weighted by Gasteiger charge is -2.29. The standard InChI is InChI=1S/C21H33FN4O4S2.C8H10/c1-24(2)14-8-9-19(31)25(22)17-11-10-16(15-18(17)26(28)29)32-23-20(27)21(30-3)12-6-4-5-7-13-21;1-2-8-6-4-3-5-7-8/h10-11,15,19,31H,4-9,12-14H2,1-3H3,(H,23,27);3-7H,2H2,1H3. The molecule has 2 aromatic rings. The lowest BCUT2D eigenvalue weighted by atomic mass is 9.93. The summed E-state index contributed by atoms with van der Waals surface area (Å²) in [5.74, 6) is -0.248. The fourth-order valence-corrected chi connectivity index (χ4v) is 5.50. The van der Waals surface area contributed by atoms with Gasteiger partial charge in [0.15, 0.2) is 0 Å². The molecule has 0 aliphatic heterocycles. The van der Waals surface area contributed by atoms with Crippen LogP contribution in [0.1, 0.15) is 63.9 Å². The summed E-state index contributed by atoms with van der Waals surface area (Å²) in [4.78, 5) is 26.2. The number of benzene rings is 2. The average molecular weight is 595 g/mol. The minimum absolute atomic E-state index is 0.160. The quantitative estimate of drug-likeness (QED) is 0.0521. The number of thiol groups is 1. The normalized spacial score (nSPS) is 15.4. The number of nitro groups is 1. The van der Waals surface area contributed by atoms with Crippen LogP contribution in [0.3, 0.4) is 0 Å². The Bertz CT molecular complexity index is 1050. The maximum atomic E-state index is 14.8. The van der Waals surface area contributed by atoms with E-state index in [0.29, 0.717) is 35.7 Å². The van der Waals surface area contributed by atoms with E-state index >= 15 is 0 Å². The molecule has 0 heterocycles. The van der Waals surface area contributed by atoms with Crippen molar-refractivity contribution in [2.45, 2.75) is 80.6 Å². The SMILES string of the molecule is CCc1ccccc1.COC1(C(=O)NSc2ccc(N(F)C(S)CCCN(C)C)c([N+](=O)[O-])c2)CCCCCC1. The van der Waals surface area contributed by atoms with E-state index in [1.54, 1.807) is 6.07 Å². The molecule has 1 amide bonds. The number of carbonyl (C=O) groups is 1. The Morgan fingerprint density at radius 3 is 2.35 bits per heavy atom. The third-order valence-corrected chi connectivity index (χ3v) is 8.17. The second-order valence-corrected chi connectivity index (χ2v) is 11.6. The Kier molecular flexibility index (Phi) is 14.8. The van der Waals surface area contributed by atoms with E-state index in [0.717, 1.165) is 50.6 Å². The Labute approximate surface area is 247 Å². The van der Waals surface area contributed by atoms with Gasteiger partial charge in [0.05, 0.1) is 4.92 Å². The van der Waals surface area contributed by atoms with Crippen molar-refractivity contribution in [2.75, 3.05) is 32.9 Å². The number of hydrogen-bond acceptors (Lipinski definition) is 8. The fourth-order valence-electron chi connectivity index (χ4n) is 4.49. The third kappa shape index (κ3) is 10.6. The Balaban J connectivity index is 0.000000598. The molecule has 40 heavy (non-hydrogen) atoms. The van der Waals surface area contributed by atoms with Crippen LogP contribution in [0.15, 0.2) is 53.4 Å². The van der Waals surface area contributed by atoms with Crippen molar-refractivity contribution in [3.8, 4) is 0 Å². The molecule has 1 saturated carbocycles. The molecule has 2 aromatic carbocycles. The molecular weight excluding hydrogens is 551 g/mol. The van der Waals surface area contributed by atoms with Gasteiger partial charge < -0.3 is 9.64 Å². The van der Waals surface area contributed by atoms with Crippen molar-refractivity contribution >= 4 is 41.9 Å². The second-order valence-electron chi connectivity index (χ2n) is 10.1. The minimum atomic E-state index is -0.878. The summed E-state index contributed by atoms with van der Waals surface area (Å²) in [6.45, 7) is 2.93. The lowest BCUT2D eigenvalue weighted by molar-refractivity contribution is -0.384. The fraction of sp³-hybridized carbons (Fsp3) is 0.552. The zero-order valence-corrected chi connectivity index (χ0v) is 25.7. The first-order chi connectivity index (χ1) is 19.1. The van der Waals surface area contributed by atoms with Gasteiger partial charge in [-0.05, 0) is 82.4 Å². The molecule has 1 aliphatic carbocycles. The number of rotatable bonds is 12. The highest BCUT2D eigenvalue weighted by atomic mass is 32.2. The molecule has 1 N–H and O–H groups in total. The molecule has 0 bridgehead atoms. The highest BCUT2D eigenvalue weighted by Crippen LogP contribution is 2.36. The highest BCUT2D eigenvalue weighted by molar-refractivity contribution is 7.98. The van der Waals surface area contributed by atoms with Crippen LogP contribution in [0.25, 0.3) is 0 Å². The molecule has 1 atom stereocenters. The number of halogens is 1. The van der Waals surface area contributed by atoms with Crippen LogP contribution in [0.4, 0.5) is 15.9 Å². The molecule has 222 valence electrons. The average Bonchev–Trinajstić information content (AvgIpc) is 3.22. The number of amides is 1. The van der Waals surface area contributed by atoms with E-state index in [9.17, 15) is 19.4 Å². The predicted octanol–water partition coefficient (Wildman–Crippen LogP) is 7.00. The summed E-state index contributed by atoms with van der Waals surface area (Å²) in [7, 11) is 5.38. The first-order valence-corrected chi connectivity index (χ1v) is 15.1. The number of nitrogens with one attached hydrogen (secondary N) is 1. The molecule has 0 saturated heterocycles. The molecular formula is C29H43FN4O4S2. The van der Waals surface area contributed by atoms with Gasteiger partial charge in [-0.3, -0.25) is 19.6 Å². The van der Waals surface area contributed by atoms with Gasteiger partial charge in [-0.1, -0.05) is 67.4 Å². The van der Waals surface area contributed by atoms with Crippen LogP contribution in [0, 0.1) is 10.1 Å². The van der Waals surface area contributed by atoms with Gasteiger partial charge in [-0.25, -0.2) is 0 Å². The zero-order chi connectivity index (χ0) is 29.5. The topological polar surface area (TPSA) is 88.0 Å². The first kappa shape index (κ1) is 33.9. The molecule has 0 radical (unpaired) electrons. The predicted molar refractivity (Wildman–Crippen MR) is 165 cm³/mol. The van der Waals surface area contributed by atoms with E-state index in [-0.39, 0.29) is 17.3 Å². The van der Waals surface area contributed by atoms with Gasteiger partial charge in [-0.15, -0.1) is 0 Å². The number of methoxy groups -OCH3 is 1. The van der Waals surface area contributed by atoms with E-state index in [4.69, 9.17) is 4.74 Å². The van der Waals surface area contributed by atoms with Crippen molar-refractivity contribution in [1.29, 1.82) is 0 Å². The zero-order valence-electron chi connectivity index (χ0n) is 24.0. The van der Waals surface area contributed by atoms with Gasteiger partial charge >= 0.3 is 0 Å². The van der Waals surface area contributed by atoms with Gasteiger partial charge in [0.1, 0.15) is 16.7 Å². The van der Waals surface area contributed by atoms with Gasteiger partial charge in [0.2, 0.25) is 0 Å². The van der Waals surface area contributed by atoms with E-state index in [2.05, 4.69) is 48.5 Å². The molecule has 1 unspecified atom stereocenters. The summed E-state index contributed by atoms with van der Waals surface area (Å²) in [5, 5.41) is 11.1. The first-order valence-electron chi connectivity index (χ1n) is 13.8. The maximum absolute atomic E-state index is 14.8. The largest absolute Gasteiger partial charge is 0.368 e.